The number of amides is 2. The molecular weight excluding hydrogens is 314 g/mol. The summed E-state index contributed by atoms with van der Waals surface area (Å²) in [6.45, 7) is 4.34. The maximum absolute atomic E-state index is 12.5. The molecule has 25 heavy (non-hydrogen) atoms. The quantitative estimate of drug-likeness (QED) is 0.930. The lowest BCUT2D eigenvalue weighted by atomic mass is 10.0. The highest BCUT2D eigenvalue weighted by Crippen LogP contribution is 2.19. The highest BCUT2D eigenvalue weighted by atomic mass is 16.2. The van der Waals surface area contributed by atoms with Gasteiger partial charge in [0.15, 0.2) is 5.82 Å². The van der Waals surface area contributed by atoms with Crippen molar-refractivity contribution in [1.29, 1.82) is 0 Å². The molecule has 3 rings (SSSR count). The predicted octanol–water partition coefficient (Wildman–Crippen LogP) is 2.60. The summed E-state index contributed by atoms with van der Waals surface area (Å²) in [6, 6.07) is 12.2. The number of nitrogens with one attached hydrogen (secondary N) is 1. The Morgan fingerprint density at radius 2 is 2.24 bits per heavy atom. The fourth-order valence-corrected chi connectivity index (χ4v) is 3.23. The molecule has 0 saturated carbocycles. The second-order valence-electron chi connectivity index (χ2n) is 6.58. The Morgan fingerprint density at radius 3 is 3.00 bits per heavy atom. The molecule has 2 heterocycles. The van der Waals surface area contributed by atoms with Crippen molar-refractivity contribution in [3.63, 3.8) is 0 Å². The fraction of sp³-hybridized carbons (Fsp3) is 0.421. The molecule has 1 fully saturated rings. The van der Waals surface area contributed by atoms with Crippen molar-refractivity contribution < 1.29 is 4.79 Å². The van der Waals surface area contributed by atoms with Gasteiger partial charge in [-0.3, -0.25) is 0 Å². The monoisotopic (exact) mass is 339 g/mol. The van der Waals surface area contributed by atoms with Crippen LogP contribution >= 0.6 is 0 Å². The van der Waals surface area contributed by atoms with E-state index in [0.717, 1.165) is 37.3 Å². The van der Waals surface area contributed by atoms with Crippen LogP contribution in [0.25, 0.3) is 0 Å². The van der Waals surface area contributed by atoms with E-state index >= 15 is 0 Å². The van der Waals surface area contributed by atoms with Gasteiger partial charge >= 0.3 is 6.03 Å². The first-order chi connectivity index (χ1) is 12.1. The Labute approximate surface area is 148 Å². The van der Waals surface area contributed by atoms with Crippen molar-refractivity contribution in [2.45, 2.75) is 32.4 Å². The molecule has 0 aliphatic carbocycles. The Kier molecular flexibility index (Phi) is 5.48. The zero-order valence-corrected chi connectivity index (χ0v) is 14.9. The number of rotatable bonds is 4. The van der Waals surface area contributed by atoms with E-state index in [1.165, 1.54) is 5.56 Å². The number of aromatic nitrogens is 2. The summed E-state index contributed by atoms with van der Waals surface area (Å²) in [7, 11) is 1.87. The molecule has 1 aliphatic heterocycles. The zero-order chi connectivity index (χ0) is 17.6. The molecule has 1 aromatic heterocycles. The summed E-state index contributed by atoms with van der Waals surface area (Å²) in [5, 5.41) is 11.2. The molecule has 1 atom stereocenters. The molecule has 2 aromatic rings. The van der Waals surface area contributed by atoms with E-state index in [-0.39, 0.29) is 12.1 Å². The average molecular weight is 339 g/mol. The first-order valence-electron chi connectivity index (χ1n) is 8.72. The van der Waals surface area contributed by atoms with Gasteiger partial charge in [0.2, 0.25) is 0 Å². The number of urea groups is 1. The van der Waals surface area contributed by atoms with Crippen LogP contribution in [0.3, 0.4) is 0 Å². The second-order valence-corrected chi connectivity index (χ2v) is 6.58. The number of piperidine rings is 1. The van der Waals surface area contributed by atoms with Crippen LogP contribution in [0.4, 0.5) is 10.6 Å². The van der Waals surface area contributed by atoms with Gasteiger partial charge in [-0.25, -0.2) is 4.79 Å². The molecule has 1 aromatic carbocycles. The summed E-state index contributed by atoms with van der Waals surface area (Å²) >= 11 is 0. The van der Waals surface area contributed by atoms with E-state index in [1.54, 1.807) is 6.20 Å². The van der Waals surface area contributed by atoms with Crippen LogP contribution in [0, 0.1) is 6.92 Å². The van der Waals surface area contributed by atoms with Crippen LogP contribution in [0.5, 0.6) is 0 Å². The Balaban J connectivity index is 1.56. The number of benzene rings is 1. The highest BCUT2D eigenvalue weighted by Gasteiger charge is 2.26. The van der Waals surface area contributed by atoms with Gasteiger partial charge < -0.3 is 15.1 Å². The minimum Gasteiger partial charge on any atom is -0.353 e. The molecule has 132 valence electrons. The van der Waals surface area contributed by atoms with Gasteiger partial charge in [-0.2, -0.15) is 5.10 Å². The molecule has 6 heteroatoms. The van der Waals surface area contributed by atoms with Gasteiger partial charge in [-0.05, 0) is 37.5 Å². The van der Waals surface area contributed by atoms with E-state index in [2.05, 4.69) is 39.5 Å². The molecule has 1 saturated heterocycles. The highest BCUT2D eigenvalue weighted by molar-refractivity contribution is 5.74. The van der Waals surface area contributed by atoms with Crippen molar-refractivity contribution in [2.75, 3.05) is 25.0 Å². The maximum atomic E-state index is 12.5. The maximum Gasteiger partial charge on any atom is 0.317 e. The summed E-state index contributed by atoms with van der Waals surface area (Å²) in [5.41, 5.74) is 2.32. The third kappa shape index (κ3) is 4.47. The fourth-order valence-electron chi connectivity index (χ4n) is 3.23. The zero-order valence-electron chi connectivity index (χ0n) is 14.9. The number of hydrogen-bond donors (Lipinski definition) is 1. The molecule has 0 radical (unpaired) electrons. The first kappa shape index (κ1) is 17.2. The average Bonchev–Trinajstić information content (AvgIpc) is 2.66. The second kappa shape index (κ2) is 7.96. The van der Waals surface area contributed by atoms with Gasteiger partial charge in [-0.1, -0.05) is 29.8 Å². The standard InChI is InChI=1S/C19H25N5O/c1-15-6-3-7-16(12-15)13-20-19(25)23(2)17-8-5-11-24(14-17)18-9-4-10-21-22-18/h3-4,6-7,9-10,12,17H,5,8,11,13-14H2,1-2H3,(H,20,25). The lowest BCUT2D eigenvalue weighted by Crippen LogP contribution is -2.51. The van der Waals surface area contributed by atoms with Crippen molar-refractivity contribution in [2.24, 2.45) is 0 Å². The molecule has 6 nitrogen and oxygen atoms in total. The largest absolute Gasteiger partial charge is 0.353 e. The van der Waals surface area contributed by atoms with E-state index < -0.39 is 0 Å². The topological polar surface area (TPSA) is 61.4 Å². The van der Waals surface area contributed by atoms with Crippen LogP contribution < -0.4 is 10.2 Å². The number of likely N-dealkylation sites (N-methyl/N-ethyl adjacent to an activating group) is 1. The number of carbonyl (C=O) groups is 1. The van der Waals surface area contributed by atoms with Crippen LogP contribution in [0.15, 0.2) is 42.6 Å². The molecular formula is C19H25N5O. The lowest BCUT2D eigenvalue weighted by molar-refractivity contribution is 0.182. The van der Waals surface area contributed by atoms with Crippen LogP contribution in [-0.2, 0) is 6.54 Å². The normalized spacial score (nSPS) is 17.2. The van der Waals surface area contributed by atoms with E-state index in [4.69, 9.17) is 0 Å². The van der Waals surface area contributed by atoms with Crippen LogP contribution in [0.1, 0.15) is 24.0 Å². The molecule has 2 amide bonds. The van der Waals surface area contributed by atoms with Gasteiger partial charge in [0.05, 0.1) is 6.04 Å². The number of aryl methyl sites for hydroxylation is 1. The molecule has 0 bridgehead atoms. The molecule has 1 N–H and O–H groups in total. The Morgan fingerprint density at radius 1 is 1.36 bits per heavy atom. The van der Waals surface area contributed by atoms with Crippen molar-refractivity contribution in [3.05, 3.63) is 53.7 Å². The Bertz CT molecular complexity index is 706. The SMILES string of the molecule is Cc1cccc(CNC(=O)N(C)C2CCCN(c3cccnn3)C2)c1. The predicted molar refractivity (Wildman–Crippen MR) is 98.4 cm³/mol. The summed E-state index contributed by atoms with van der Waals surface area (Å²) in [5.74, 6) is 0.876. The lowest BCUT2D eigenvalue weighted by Gasteiger charge is -2.37. The van der Waals surface area contributed by atoms with Crippen LogP contribution in [-0.4, -0.2) is 47.3 Å². The van der Waals surface area contributed by atoms with E-state index in [0.29, 0.717) is 6.54 Å². The van der Waals surface area contributed by atoms with Gasteiger partial charge in [0.25, 0.3) is 0 Å². The molecule has 0 spiro atoms. The molecule has 1 unspecified atom stereocenters. The molecule has 1 aliphatic rings. The number of carbonyl (C=O) groups excluding carboxylic acids is 1. The number of hydrogen-bond acceptors (Lipinski definition) is 4. The van der Waals surface area contributed by atoms with Crippen molar-refractivity contribution in [3.8, 4) is 0 Å². The third-order valence-electron chi connectivity index (χ3n) is 4.67. The minimum atomic E-state index is -0.0347. The van der Waals surface area contributed by atoms with Crippen molar-refractivity contribution >= 4 is 11.8 Å². The van der Waals surface area contributed by atoms with E-state index in [1.807, 2.05) is 36.2 Å². The third-order valence-corrected chi connectivity index (χ3v) is 4.67. The summed E-state index contributed by atoms with van der Waals surface area (Å²) in [4.78, 5) is 16.5. The summed E-state index contributed by atoms with van der Waals surface area (Å²) in [6.07, 6.45) is 3.72. The number of anilines is 1. The first-order valence-corrected chi connectivity index (χ1v) is 8.72. The van der Waals surface area contributed by atoms with Crippen LogP contribution in [0.2, 0.25) is 0 Å². The van der Waals surface area contributed by atoms with Gasteiger partial charge in [-0.15, -0.1) is 5.10 Å². The number of nitrogens with zero attached hydrogens (tertiary/aromatic N) is 4. The smallest absolute Gasteiger partial charge is 0.317 e. The van der Waals surface area contributed by atoms with E-state index in [9.17, 15) is 4.79 Å². The van der Waals surface area contributed by atoms with Crippen molar-refractivity contribution in [1.82, 2.24) is 20.4 Å². The van der Waals surface area contributed by atoms with Gasteiger partial charge in [0.1, 0.15) is 0 Å². The minimum absolute atomic E-state index is 0.0347. The summed E-state index contributed by atoms with van der Waals surface area (Å²) < 4.78 is 0. The Hall–Kier alpha value is -2.63. The van der Waals surface area contributed by atoms with Gasteiger partial charge in [0, 0.05) is 32.9 Å².